The smallest absolute Gasteiger partial charge is 0.240 e. The number of hydrogen-bond donors (Lipinski definition) is 2. The number of nitrogens with zero attached hydrogens (tertiary/aromatic N) is 3. The number of aryl methyl sites for hydroxylation is 1. The van der Waals surface area contributed by atoms with Crippen LogP contribution in [0.5, 0.6) is 5.75 Å². The lowest BCUT2D eigenvalue weighted by Crippen LogP contribution is -2.41. The summed E-state index contributed by atoms with van der Waals surface area (Å²) in [5.74, 6) is 1.57. The minimum Gasteiger partial charge on any atom is -0.497 e. The molecule has 150 valence electrons. The maximum atomic E-state index is 13.2. The summed E-state index contributed by atoms with van der Waals surface area (Å²) >= 11 is 1.43. The number of carbonyl (C=O) groups is 1. The summed E-state index contributed by atoms with van der Waals surface area (Å²) in [4.78, 5) is 13.2. The molecule has 4 rings (SSSR count). The van der Waals surface area contributed by atoms with Gasteiger partial charge >= 0.3 is 0 Å². The van der Waals surface area contributed by atoms with E-state index < -0.39 is 5.25 Å². The summed E-state index contributed by atoms with van der Waals surface area (Å²) < 4.78 is 7.19. The minimum absolute atomic E-state index is 0.0826. The number of nitrogens with one attached hydrogen (secondary N) is 2. The first-order valence-electron chi connectivity index (χ1n) is 9.57. The van der Waals surface area contributed by atoms with Gasteiger partial charge in [0.1, 0.15) is 11.0 Å². The fraction of sp³-hybridized carbons (Fsp3) is 0.286. The maximum Gasteiger partial charge on any atom is 0.240 e. The van der Waals surface area contributed by atoms with E-state index >= 15 is 0 Å². The molecule has 0 fully saturated rings. The van der Waals surface area contributed by atoms with Gasteiger partial charge in [0.2, 0.25) is 11.1 Å². The lowest BCUT2D eigenvalue weighted by molar-refractivity contribution is -0.116. The second-order valence-corrected chi connectivity index (χ2v) is 7.87. The number of anilines is 1. The van der Waals surface area contributed by atoms with Crippen LogP contribution in [0.3, 0.4) is 0 Å². The molecule has 1 aliphatic rings. The van der Waals surface area contributed by atoms with Crippen LogP contribution in [0, 0.1) is 0 Å². The molecule has 3 aromatic rings. The second kappa shape index (κ2) is 8.57. The van der Waals surface area contributed by atoms with E-state index in [1.165, 1.54) is 11.8 Å². The summed E-state index contributed by atoms with van der Waals surface area (Å²) in [6.07, 6.45) is 1.78. The van der Waals surface area contributed by atoms with Gasteiger partial charge in [0, 0.05) is 12.1 Å². The number of hydrogen-bond acceptors (Lipinski definition) is 6. The minimum atomic E-state index is -0.408. The first-order valence-corrected chi connectivity index (χ1v) is 10.4. The van der Waals surface area contributed by atoms with Crippen LogP contribution < -0.4 is 15.5 Å². The van der Waals surface area contributed by atoms with E-state index in [2.05, 4.69) is 27.9 Å². The molecule has 0 bridgehead atoms. The van der Waals surface area contributed by atoms with Gasteiger partial charge in [-0.05, 0) is 36.2 Å². The van der Waals surface area contributed by atoms with Crippen LogP contribution in [0.4, 0.5) is 5.69 Å². The van der Waals surface area contributed by atoms with E-state index in [1.54, 1.807) is 7.11 Å². The second-order valence-electron chi connectivity index (χ2n) is 6.76. The number of benzene rings is 2. The molecular formula is C21H23N5O2S. The molecule has 2 heterocycles. The van der Waals surface area contributed by atoms with Crippen molar-refractivity contribution in [3.05, 3.63) is 66.0 Å². The van der Waals surface area contributed by atoms with Crippen LogP contribution >= 0.6 is 11.8 Å². The lowest BCUT2D eigenvalue weighted by Gasteiger charge is -2.33. The average molecular weight is 410 g/mol. The van der Waals surface area contributed by atoms with Gasteiger partial charge in [0.05, 0.1) is 13.2 Å². The molecule has 0 saturated carbocycles. The molecule has 0 radical (unpaired) electrons. The van der Waals surface area contributed by atoms with Gasteiger partial charge < -0.3 is 15.5 Å². The standard InChI is InChI=1S/C21H23N5O2S/c1-3-7-17-23-24-21-26(17)25-18(14-10-12-16(28-2)13-11-14)19(29-21)20(27)22-15-8-5-4-6-9-15/h4-6,8-13,18-19,25H,3,7H2,1-2H3,(H,22,27)/t18-,19+/m1/s1. The molecule has 2 N–H and O–H groups in total. The molecule has 2 aromatic carbocycles. The summed E-state index contributed by atoms with van der Waals surface area (Å²) in [6.45, 7) is 2.11. The molecule has 1 aliphatic heterocycles. The molecular weight excluding hydrogens is 386 g/mol. The first-order chi connectivity index (χ1) is 14.2. The summed E-state index contributed by atoms with van der Waals surface area (Å²) in [6, 6.07) is 17.0. The van der Waals surface area contributed by atoms with E-state index in [0.29, 0.717) is 5.16 Å². The Morgan fingerprint density at radius 1 is 1.17 bits per heavy atom. The Balaban J connectivity index is 1.66. The predicted molar refractivity (Wildman–Crippen MR) is 114 cm³/mol. The van der Waals surface area contributed by atoms with Crippen LogP contribution in [0.15, 0.2) is 59.8 Å². The molecule has 0 aliphatic carbocycles. The maximum absolute atomic E-state index is 13.2. The molecule has 1 aromatic heterocycles. The number of carbonyl (C=O) groups excluding carboxylic acids is 1. The van der Waals surface area contributed by atoms with Crippen LogP contribution in [0.25, 0.3) is 0 Å². The third-order valence-corrected chi connectivity index (χ3v) is 5.97. The Hall–Kier alpha value is -3.00. The van der Waals surface area contributed by atoms with Gasteiger partial charge in [-0.1, -0.05) is 49.0 Å². The average Bonchev–Trinajstić information content (AvgIpc) is 3.16. The molecule has 0 saturated heterocycles. The number of ether oxygens (including phenoxy) is 1. The summed E-state index contributed by atoms with van der Waals surface area (Å²) in [5, 5.41) is 11.9. The van der Waals surface area contributed by atoms with Crippen LogP contribution in [-0.2, 0) is 11.2 Å². The SMILES string of the molecule is CCCc1nnc2n1N[C@H](c1ccc(OC)cc1)[C@@H](C(=O)Nc1ccccc1)S2. The fourth-order valence-corrected chi connectivity index (χ4v) is 4.38. The van der Waals surface area contributed by atoms with E-state index in [1.807, 2.05) is 59.3 Å². The molecule has 2 atom stereocenters. The van der Waals surface area contributed by atoms with Gasteiger partial charge in [-0.2, -0.15) is 0 Å². The zero-order valence-electron chi connectivity index (χ0n) is 16.3. The van der Waals surface area contributed by atoms with Crippen molar-refractivity contribution in [3.63, 3.8) is 0 Å². The predicted octanol–water partition coefficient (Wildman–Crippen LogP) is 3.64. The van der Waals surface area contributed by atoms with Crippen LogP contribution in [-0.4, -0.2) is 33.1 Å². The number of fused-ring (bicyclic) bond motifs is 1. The zero-order valence-corrected chi connectivity index (χ0v) is 17.1. The van der Waals surface area contributed by atoms with Crippen LogP contribution in [0.2, 0.25) is 0 Å². The fourth-order valence-electron chi connectivity index (χ4n) is 3.28. The topological polar surface area (TPSA) is 81.1 Å². The van der Waals surface area contributed by atoms with E-state index in [0.717, 1.165) is 35.7 Å². The molecule has 8 heteroatoms. The monoisotopic (exact) mass is 409 g/mol. The molecule has 7 nitrogen and oxygen atoms in total. The highest BCUT2D eigenvalue weighted by atomic mass is 32.2. The third-order valence-electron chi connectivity index (χ3n) is 4.75. The van der Waals surface area contributed by atoms with Crippen molar-refractivity contribution in [2.45, 2.75) is 36.2 Å². The highest BCUT2D eigenvalue weighted by Crippen LogP contribution is 2.38. The number of rotatable bonds is 6. The van der Waals surface area contributed by atoms with Crippen molar-refractivity contribution in [3.8, 4) is 5.75 Å². The van der Waals surface area contributed by atoms with Gasteiger partial charge in [-0.3, -0.25) is 4.79 Å². The number of methoxy groups -OCH3 is 1. The van der Waals surface area contributed by atoms with Gasteiger partial charge in [-0.15, -0.1) is 10.2 Å². The molecule has 0 spiro atoms. The normalized spacial score (nSPS) is 17.9. The molecule has 0 unspecified atom stereocenters. The largest absolute Gasteiger partial charge is 0.497 e. The van der Waals surface area contributed by atoms with Gasteiger partial charge in [0.15, 0.2) is 5.82 Å². The van der Waals surface area contributed by atoms with Gasteiger partial charge in [0.25, 0.3) is 0 Å². The zero-order chi connectivity index (χ0) is 20.2. The highest BCUT2D eigenvalue weighted by Gasteiger charge is 2.37. The van der Waals surface area contributed by atoms with E-state index in [9.17, 15) is 4.79 Å². The van der Waals surface area contributed by atoms with Crippen LogP contribution in [0.1, 0.15) is 30.8 Å². The highest BCUT2D eigenvalue weighted by molar-refractivity contribution is 8.00. The lowest BCUT2D eigenvalue weighted by atomic mass is 10.0. The number of thioether (sulfide) groups is 1. The Labute approximate surface area is 173 Å². The number of para-hydroxylation sites is 1. The van der Waals surface area contributed by atoms with Crippen molar-refractivity contribution >= 4 is 23.4 Å². The van der Waals surface area contributed by atoms with Crippen molar-refractivity contribution in [1.29, 1.82) is 0 Å². The van der Waals surface area contributed by atoms with Gasteiger partial charge in [-0.25, -0.2) is 4.68 Å². The number of aromatic nitrogens is 3. The Kier molecular flexibility index (Phi) is 5.71. The quantitative estimate of drug-likeness (QED) is 0.647. The Morgan fingerprint density at radius 3 is 2.62 bits per heavy atom. The third kappa shape index (κ3) is 4.07. The van der Waals surface area contributed by atoms with Crippen molar-refractivity contribution in [2.24, 2.45) is 0 Å². The summed E-state index contributed by atoms with van der Waals surface area (Å²) in [5.41, 5.74) is 5.23. The van der Waals surface area contributed by atoms with Crippen molar-refractivity contribution in [1.82, 2.24) is 14.9 Å². The first kappa shape index (κ1) is 19.3. The van der Waals surface area contributed by atoms with Crippen molar-refractivity contribution < 1.29 is 9.53 Å². The Morgan fingerprint density at radius 2 is 1.93 bits per heavy atom. The molecule has 1 amide bonds. The van der Waals surface area contributed by atoms with E-state index in [4.69, 9.17) is 4.74 Å². The summed E-state index contributed by atoms with van der Waals surface area (Å²) in [7, 11) is 1.64. The van der Waals surface area contributed by atoms with E-state index in [-0.39, 0.29) is 11.9 Å². The van der Waals surface area contributed by atoms with Crippen molar-refractivity contribution in [2.75, 3.05) is 17.9 Å². The Bertz CT molecular complexity index is 974. The molecule has 29 heavy (non-hydrogen) atoms. The number of amides is 1.